The predicted molar refractivity (Wildman–Crippen MR) is 77.1 cm³/mol. The second-order valence-corrected chi connectivity index (χ2v) is 5.35. The van der Waals surface area contributed by atoms with E-state index in [9.17, 15) is 0 Å². The normalized spacial score (nSPS) is 10.8. The average Bonchev–Trinajstić information content (AvgIpc) is 2.29. The minimum Gasteiger partial charge on any atom is -0.0955 e. The molecule has 0 N–H and O–H groups in total. The summed E-state index contributed by atoms with van der Waals surface area (Å²) < 4.78 is 0. The van der Waals surface area contributed by atoms with Gasteiger partial charge in [0.1, 0.15) is 0 Å². The zero-order valence-corrected chi connectivity index (χ0v) is 12.1. The topological polar surface area (TPSA) is 0 Å². The quantitative estimate of drug-likeness (QED) is 0.705. The Labute approximate surface area is 100 Å². The maximum absolute atomic E-state index is 4.06. The van der Waals surface area contributed by atoms with Crippen molar-refractivity contribution in [3.63, 3.8) is 0 Å². The first-order valence-electron chi connectivity index (χ1n) is 5.90. The second-order valence-electron chi connectivity index (χ2n) is 4.35. The van der Waals surface area contributed by atoms with Gasteiger partial charge in [0.05, 0.1) is 0 Å². The van der Waals surface area contributed by atoms with Crippen LogP contribution in [0.1, 0.15) is 18.1 Å². The van der Waals surface area contributed by atoms with E-state index in [1.807, 2.05) is 0 Å². The van der Waals surface area contributed by atoms with Gasteiger partial charge < -0.3 is 0 Å². The van der Waals surface area contributed by atoms with Gasteiger partial charge in [0.15, 0.2) is 0 Å². The molecular formula is C15H18Si. The van der Waals surface area contributed by atoms with Crippen LogP contribution in [0.4, 0.5) is 0 Å². The van der Waals surface area contributed by atoms with Gasteiger partial charge in [-0.3, -0.25) is 0 Å². The van der Waals surface area contributed by atoms with Crippen LogP contribution in [0.15, 0.2) is 43.0 Å². The van der Waals surface area contributed by atoms with E-state index in [0.717, 1.165) is 5.57 Å². The molecule has 0 unspecified atom stereocenters. The molecule has 0 amide bonds. The Morgan fingerprint density at radius 1 is 1.12 bits per heavy atom. The van der Waals surface area contributed by atoms with E-state index < -0.39 is 0 Å². The lowest BCUT2D eigenvalue weighted by Gasteiger charge is -2.10. The summed E-state index contributed by atoms with van der Waals surface area (Å²) in [6.45, 7) is 6.14. The average molecular weight is 226 g/mol. The van der Waals surface area contributed by atoms with Gasteiger partial charge in [-0.1, -0.05) is 54.6 Å². The molecule has 0 atom stereocenters. The molecule has 0 bridgehead atoms. The largest absolute Gasteiger partial charge is 0.0955 e. The molecule has 2 aromatic carbocycles. The minimum absolute atomic E-state index is 1.15. The molecule has 0 heterocycles. The van der Waals surface area contributed by atoms with E-state index in [1.54, 1.807) is 0 Å². The molecule has 0 fully saturated rings. The van der Waals surface area contributed by atoms with E-state index in [1.165, 1.54) is 44.6 Å². The lowest BCUT2D eigenvalue weighted by Crippen LogP contribution is -1.90. The molecule has 0 saturated carbocycles. The fraction of sp³-hybridized carbons (Fsp3) is 0.200. The Bertz CT molecular complexity index is 526. The maximum atomic E-state index is 4.06. The standard InChI is InChI=1S/C15H18Si/c1-11(2)13-8-7-12(9-10-16)14-5-3-4-6-15(13)14/h3-8H,1,9-10H2,2,16H3. The summed E-state index contributed by atoms with van der Waals surface area (Å²) in [5, 5.41) is 2.75. The Balaban J connectivity index is 2.71. The molecule has 82 valence electrons. The van der Waals surface area contributed by atoms with E-state index in [-0.39, 0.29) is 0 Å². The van der Waals surface area contributed by atoms with Crippen LogP contribution < -0.4 is 0 Å². The third-order valence-electron chi connectivity index (χ3n) is 2.99. The highest BCUT2D eigenvalue weighted by atomic mass is 28.1. The maximum Gasteiger partial charge on any atom is 0.00321 e. The summed E-state index contributed by atoms with van der Waals surface area (Å²) in [6, 6.07) is 14.5. The number of rotatable bonds is 3. The van der Waals surface area contributed by atoms with Gasteiger partial charge in [0, 0.05) is 10.2 Å². The number of benzene rings is 2. The van der Waals surface area contributed by atoms with Crippen molar-refractivity contribution in [3.05, 3.63) is 54.1 Å². The molecule has 0 radical (unpaired) electrons. The van der Waals surface area contributed by atoms with Crippen molar-refractivity contribution in [2.24, 2.45) is 0 Å². The van der Waals surface area contributed by atoms with Gasteiger partial charge in [-0.05, 0) is 35.2 Å². The van der Waals surface area contributed by atoms with Crippen LogP contribution in [0.3, 0.4) is 0 Å². The van der Waals surface area contributed by atoms with Gasteiger partial charge in [-0.25, -0.2) is 0 Å². The van der Waals surface area contributed by atoms with Gasteiger partial charge >= 0.3 is 0 Å². The molecule has 16 heavy (non-hydrogen) atoms. The summed E-state index contributed by atoms with van der Waals surface area (Å²) >= 11 is 0. The van der Waals surface area contributed by atoms with Crippen molar-refractivity contribution >= 4 is 26.6 Å². The third kappa shape index (κ3) is 1.96. The summed E-state index contributed by atoms with van der Waals surface area (Å²) in [7, 11) is 1.28. The first kappa shape index (κ1) is 11.2. The molecule has 0 nitrogen and oxygen atoms in total. The number of aryl methyl sites for hydroxylation is 1. The molecule has 0 aliphatic heterocycles. The van der Waals surface area contributed by atoms with Crippen molar-refractivity contribution < 1.29 is 0 Å². The molecule has 0 saturated heterocycles. The Morgan fingerprint density at radius 3 is 2.44 bits per heavy atom. The van der Waals surface area contributed by atoms with Crippen LogP contribution in [-0.2, 0) is 6.42 Å². The summed E-state index contributed by atoms with van der Waals surface area (Å²) in [5.74, 6) is 0. The monoisotopic (exact) mass is 226 g/mol. The summed E-state index contributed by atoms with van der Waals surface area (Å²) in [5.41, 5.74) is 3.91. The van der Waals surface area contributed by atoms with Crippen molar-refractivity contribution in [2.75, 3.05) is 0 Å². The number of hydrogen-bond acceptors (Lipinski definition) is 0. The molecule has 2 aromatic rings. The molecular weight excluding hydrogens is 208 g/mol. The fourth-order valence-corrected chi connectivity index (χ4v) is 2.76. The fourth-order valence-electron chi connectivity index (χ4n) is 2.22. The van der Waals surface area contributed by atoms with Gasteiger partial charge in [-0.2, -0.15) is 0 Å². The summed E-state index contributed by atoms with van der Waals surface area (Å²) in [6.07, 6.45) is 1.21. The van der Waals surface area contributed by atoms with Crippen molar-refractivity contribution in [1.29, 1.82) is 0 Å². The van der Waals surface area contributed by atoms with E-state index >= 15 is 0 Å². The zero-order chi connectivity index (χ0) is 11.5. The van der Waals surface area contributed by atoms with Crippen molar-refractivity contribution in [2.45, 2.75) is 19.4 Å². The van der Waals surface area contributed by atoms with E-state index in [4.69, 9.17) is 0 Å². The van der Waals surface area contributed by atoms with Crippen LogP contribution in [0.2, 0.25) is 6.04 Å². The highest BCUT2D eigenvalue weighted by Gasteiger charge is 2.05. The van der Waals surface area contributed by atoms with Crippen LogP contribution in [0, 0.1) is 0 Å². The third-order valence-corrected chi connectivity index (χ3v) is 3.49. The van der Waals surface area contributed by atoms with Crippen LogP contribution in [-0.4, -0.2) is 10.2 Å². The first-order chi connectivity index (χ1) is 7.74. The van der Waals surface area contributed by atoms with Crippen molar-refractivity contribution in [3.8, 4) is 0 Å². The van der Waals surface area contributed by atoms with E-state index in [2.05, 4.69) is 49.9 Å². The molecule has 0 spiro atoms. The molecule has 1 heteroatoms. The molecule has 2 rings (SSSR count). The first-order valence-corrected chi connectivity index (χ1v) is 7.32. The number of allylic oxidation sites excluding steroid dienone is 1. The molecule has 0 aliphatic rings. The van der Waals surface area contributed by atoms with Gasteiger partial charge in [-0.15, -0.1) is 0 Å². The van der Waals surface area contributed by atoms with Gasteiger partial charge in [0.2, 0.25) is 0 Å². The Kier molecular flexibility index (Phi) is 3.25. The highest BCUT2D eigenvalue weighted by molar-refractivity contribution is 6.08. The number of hydrogen-bond donors (Lipinski definition) is 0. The van der Waals surface area contributed by atoms with Gasteiger partial charge in [0.25, 0.3) is 0 Å². The van der Waals surface area contributed by atoms with Crippen molar-refractivity contribution in [1.82, 2.24) is 0 Å². The summed E-state index contributed by atoms with van der Waals surface area (Å²) in [4.78, 5) is 0. The zero-order valence-electron chi connectivity index (χ0n) is 10.1. The minimum atomic E-state index is 1.15. The highest BCUT2D eigenvalue weighted by Crippen LogP contribution is 2.27. The van der Waals surface area contributed by atoms with E-state index in [0.29, 0.717) is 0 Å². The molecule has 0 aromatic heterocycles. The Hall–Kier alpha value is -1.34. The predicted octanol–water partition coefficient (Wildman–Crippen LogP) is 3.20. The van der Waals surface area contributed by atoms with Crippen LogP contribution in [0.25, 0.3) is 16.3 Å². The smallest absolute Gasteiger partial charge is 0.00321 e. The molecule has 0 aliphatic carbocycles. The Morgan fingerprint density at radius 2 is 1.81 bits per heavy atom. The van der Waals surface area contributed by atoms with Crippen LogP contribution in [0.5, 0.6) is 0 Å². The lowest BCUT2D eigenvalue weighted by molar-refractivity contribution is 1.15. The lowest BCUT2D eigenvalue weighted by atomic mass is 9.95. The second kappa shape index (κ2) is 4.66. The van der Waals surface area contributed by atoms with Crippen LogP contribution >= 0.6 is 0 Å². The number of fused-ring (bicyclic) bond motifs is 1. The SMILES string of the molecule is C=C(C)c1ccc(CC[SiH3])c2ccccc12.